The Morgan fingerprint density at radius 2 is 2.16 bits per heavy atom. The summed E-state index contributed by atoms with van der Waals surface area (Å²) in [4.78, 5) is 11.6. The molecule has 106 valence electrons. The van der Waals surface area contributed by atoms with Crippen LogP contribution < -0.4 is 10.6 Å². The highest BCUT2D eigenvalue weighted by molar-refractivity contribution is 6.30. The number of nitrogens with one attached hydrogen (secondary N) is 2. The van der Waals surface area contributed by atoms with E-state index in [4.69, 9.17) is 16.7 Å². The predicted octanol–water partition coefficient (Wildman–Crippen LogP) is 2.47. The second-order valence-corrected chi connectivity index (χ2v) is 4.95. The number of carbonyl (C=O) groups is 1. The lowest BCUT2D eigenvalue weighted by molar-refractivity contribution is 0.226. The van der Waals surface area contributed by atoms with Crippen LogP contribution in [-0.4, -0.2) is 24.3 Å². The third-order valence-electron chi connectivity index (χ3n) is 2.65. The Balaban J connectivity index is 2.85. The van der Waals surface area contributed by atoms with E-state index in [1.807, 2.05) is 13.8 Å². The van der Waals surface area contributed by atoms with Crippen LogP contribution in [-0.2, 0) is 0 Å². The maximum absolute atomic E-state index is 13.9. The molecule has 0 aliphatic carbocycles. The van der Waals surface area contributed by atoms with Gasteiger partial charge in [-0.15, -0.1) is 0 Å². The van der Waals surface area contributed by atoms with Gasteiger partial charge in [-0.1, -0.05) is 31.5 Å². The topological polar surface area (TPSA) is 61.4 Å². The molecule has 0 aliphatic heterocycles. The molecular weight excluding hydrogens is 271 g/mol. The zero-order chi connectivity index (χ0) is 14.4. The van der Waals surface area contributed by atoms with Gasteiger partial charge >= 0.3 is 6.03 Å². The standard InChI is InChI=1S/C13H18ClFN2O2/c1-8(2)12(17-13(19)16-5-6-18)10-4-3-9(14)7-11(10)15/h3-4,7-8,12,18H,5-6H2,1-2H3,(H2,16,17,19)/t12-/m0/s1. The van der Waals surface area contributed by atoms with Crippen molar-refractivity contribution in [1.29, 1.82) is 0 Å². The van der Waals surface area contributed by atoms with E-state index in [2.05, 4.69) is 10.6 Å². The summed E-state index contributed by atoms with van der Waals surface area (Å²) in [7, 11) is 0. The minimum absolute atomic E-state index is 0.00977. The van der Waals surface area contributed by atoms with E-state index < -0.39 is 17.9 Å². The molecular formula is C13H18ClFN2O2. The van der Waals surface area contributed by atoms with Crippen molar-refractivity contribution < 1.29 is 14.3 Å². The quantitative estimate of drug-likeness (QED) is 0.779. The zero-order valence-corrected chi connectivity index (χ0v) is 11.7. The van der Waals surface area contributed by atoms with Gasteiger partial charge in [-0.05, 0) is 18.1 Å². The highest BCUT2D eigenvalue weighted by Crippen LogP contribution is 2.26. The van der Waals surface area contributed by atoms with E-state index in [1.165, 1.54) is 6.07 Å². The van der Waals surface area contributed by atoms with E-state index in [-0.39, 0.29) is 19.1 Å². The smallest absolute Gasteiger partial charge is 0.315 e. The van der Waals surface area contributed by atoms with Gasteiger partial charge in [0.05, 0.1) is 12.6 Å². The number of aliphatic hydroxyl groups is 1. The number of hydrogen-bond donors (Lipinski definition) is 3. The lowest BCUT2D eigenvalue weighted by Crippen LogP contribution is -2.41. The van der Waals surface area contributed by atoms with Crippen molar-refractivity contribution in [2.24, 2.45) is 5.92 Å². The molecule has 0 radical (unpaired) electrons. The number of carbonyl (C=O) groups excluding carboxylic acids is 1. The molecule has 4 nitrogen and oxygen atoms in total. The Morgan fingerprint density at radius 1 is 1.47 bits per heavy atom. The fraction of sp³-hybridized carbons (Fsp3) is 0.462. The molecule has 1 rings (SSSR count). The Morgan fingerprint density at radius 3 is 2.68 bits per heavy atom. The summed E-state index contributed by atoms with van der Waals surface area (Å²) in [5.41, 5.74) is 0.388. The number of aliphatic hydroxyl groups excluding tert-OH is 1. The number of rotatable bonds is 5. The summed E-state index contributed by atoms with van der Waals surface area (Å²) in [6.45, 7) is 3.77. The summed E-state index contributed by atoms with van der Waals surface area (Å²) in [5.74, 6) is -0.441. The van der Waals surface area contributed by atoms with Crippen molar-refractivity contribution >= 4 is 17.6 Å². The van der Waals surface area contributed by atoms with Crippen LogP contribution in [0.15, 0.2) is 18.2 Å². The highest BCUT2D eigenvalue weighted by Gasteiger charge is 2.21. The number of amides is 2. The lowest BCUT2D eigenvalue weighted by Gasteiger charge is -2.23. The molecule has 0 bridgehead atoms. The van der Waals surface area contributed by atoms with Gasteiger partial charge in [0.25, 0.3) is 0 Å². The Labute approximate surface area is 117 Å². The van der Waals surface area contributed by atoms with Gasteiger partial charge in [-0.3, -0.25) is 0 Å². The normalized spacial score (nSPS) is 12.3. The molecule has 6 heteroatoms. The number of hydrogen-bond acceptors (Lipinski definition) is 2. The van der Waals surface area contributed by atoms with Crippen molar-refractivity contribution in [3.05, 3.63) is 34.6 Å². The van der Waals surface area contributed by atoms with Gasteiger partial charge in [0.1, 0.15) is 5.82 Å². The van der Waals surface area contributed by atoms with Gasteiger partial charge in [0.15, 0.2) is 0 Å². The van der Waals surface area contributed by atoms with Crippen LogP contribution in [0.5, 0.6) is 0 Å². The largest absolute Gasteiger partial charge is 0.395 e. The molecule has 0 aliphatic rings. The fourth-order valence-corrected chi connectivity index (χ4v) is 1.88. The van der Waals surface area contributed by atoms with E-state index >= 15 is 0 Å². The molecule has 0 saturated carbocycles. The molecule has 1 atom stereocenters. The molecule has 0 heterocycles. The average molecular weight is 289 g/mol. The second-order valence-electron chi connectivity index (χ2n) is 4.51. The third kappa shape index (κ3) is 4.69. The van der Waals surface area contributed by atoms with Crippen molar-refractivity contribution in [2.45, 2.75) is 19.9 Å². The molecule has 1 aromatic carbocycles. The van der Waals surface area contributed by atoms with Gasteiger partial charge in [-0.25, -0.2) is 9.18 Å². The van der Waals surface area contributed by atoms with Crippen LogP contribution in [0, 0.1) is 11.7 Å². The Bertz CT molecular complexity index is 441. The second kappa shape index (κ2) is 7.31. The van der Waals surface area contributed by atoms with Crippen LogP contribution in [0.2, 0.25) is 5.02 Å². The molecule has 0 aromatic heterocycles. The summed E-state index contributed by atoms with van der Waals surface area (Å²) in [6, 6.07) is 3.47. The number of benzene rings is 1. The van der Waals surface area contributed by atoms with Gasteiger partial charge in [0.2, 0.25) is 0 Å². The maximum atomic E-state index is 13.9. The molecule has 0 unspecified atom stereocenters. The van der Waals surface area contributed by atoms with Crippen molar-refractivity contribution in [2.75, 3.05) is 13.2 Å². The van der Waals surface area contributed by atoms with Crippen LogP contribution in [0.1, 0.15) is 25.5 Å². The SMILES string of the molecule is CC(C)[C@H](NC(=O)NCCO)c1ccc(Cl)cc1F. The summed E-state index contributed by atoms with van der Waals surface area (Å²) >= 11 is 5.71. The highest BCUT2D eigenvalue weighted by atomic mass is 35.5. The number of urea groups is 1. The van der Waals surface area contributed by atoms with Crippen molar-refractivity contribution in [1.82, 2.24) is 10.6 Å². The maximum Gasteiger partial charge on any atom is 0.315 e. The van der Waals surface area contributed by atoms with E-state index in [1.54, 1.807) is 12.1 Å². The molecule has 1 aromatic rings. The van der Waals surface area contributed by atoms with Crippen molar-refractivity contribution in [3.8, 4) is 0 Å². The van der Waals surface area contributed by atoms with E-state index in [0.29, 0.717) is 10.6 Å². The molecule has 3 N–H and O–H groups in total. The average Bonchev–Trinajstić information content (AvgIpc) is 2.34. The first-order valence-corrected chi connectivity index (χ1v) is 6.43. The summed E-state index contributed by atoms with van der Waals surface area (Å²) in [6.07, 6.45) is 0. The van der Waals surface area contributed by atoms with Crippen LogP contribution in [0.4, 0.5) is 9.18 Å². The Hall–Kier alpha value is -1.33. The van der Waals surface area contributed by atoms with Gasteiger partial charge in [0, 0.05) is 17.1 Å². The molecule has 19 heavy (non-hydrogen) atoms. The first-order chi connectivity index (χ1) is 8.95. The Kier molecular flexibility index (Phi) is 6.05. The summed E-state index contributed by atoms with van der Waals surface area (Å²) in [5, 5.41) is 14.1. The minimum Gasteiger partial charge on any atom is -0.395 e. The van der Waals surface area contributed by atoms with Crippen LogP contribution in [0.25, 0.3) is 0 Å². The van der Waals surface area contributed by atoms with E-state index in [0.717, 1.165) is 0 Å². The van der Waals surface area contributed by atoms with Crippen LogP contribution >= 0.6 is 11.6 Å². The predicted molar refractivity (Wildman–Crippen MR) is 72.6 cm³/mol. The van der Waals surface area contributed by atoms with Gasteiger partial charge < -0.3 is 15.7 Å². The van der Waals surface area contributed by atoms with E-state index in [9.17, 15) is 9.18 Å². The van der Waals surface area contributed by atoms with Crippen molar-refractivity contribution in [3.63, 3.8) is 0 Å². The first kappa shape index (κ1) is 15.7. The number of halogens is 2. The first-order valence-electron chi connectivity index (χ1n) is 6.06. The van der Waals surface area contributed by atoms with Gasteiger partial charge in [-0.2, -0.15) is 0 Å². The minimum atomic E-state index is -0.462. The molecule has 0 saturated heterocycles. The molecule has 2 amide bonds. The summed E-state index contributed by atoms with van der Waals surface area (Å²) < 4.78 is 13.9. The molecule has 0 fully saturated rings. The third-order valence-corrected chi connectivity index (χ3v) is 2.88. The molecule has 0 spiro atoms. The zero-order valence-electron chi connectivity index (χ0n) is 10.9. The lowest BCUT2D eigenvalue weighted by atomic mass is 9.96. The monoisotopic (exact) mass is 288 g/mol. The van der Waals surface area contributed by atoms with Crippen LogP contribution in [0.3, 0.4) is 0 Å². The fourth-order valence-electron chi connectivity index (χ4n) is 1.72.